The molecule has 1 aliphatic rings. The zero-order valence-corrected chi connectivity index (χ0v) is 24.8. The molecular formula is C29H47N7S. The Morgan fingerprint density at radius 3 is 2.35 bits per heavy atom. The maximum absolute atomic E-state index is 6.17. The van der Waals surface area contributed by atoms with Crippen LogP contribution in [0.25, 0.3) is 0 Å². The lowest BCUT2D eigenvalue weighted by Gasteiger charge is -2.32. The van der Waals surface area contributed by atoms with Crippen LogP contribution in [-0.4, -0.2) is 36.1 Å². The molecule has 1 saturated heterocycles. The van der Waals surface area contributed by atoms with Crippen molar-refractivity contribution < 1.29 is 0 Å². The third-order valence-electron chi connectivity index (χ3n) is 5.25. The molecule has 1 aliphatic heterocycles. The van der Waals surface area contributed by atoms with Crippen molar-refractivity contribution in [1.29, 1.82) is 0 Å². The Kier molecular flexibility index (Phi) is 15.1. The highest BCUT2D eigenvalue weighted by atomic mass is 32.2. The van der Waals surface area contributed by atoms with Crippen molar-refractivity contribution in [2.24, 2.45) is 5.73 Å². The van der Waals surface area contributed by atoms with Gasteiger partial charge >= 0.3 is 0 Å². The predicted octanol–water partition coefficient (Wildman–Crippen LogP) is 6.97. The zero-order valence-electron chi connectivity index (χ0n) is 24.0. The maximum atomic E-state index is 6.17. The summed E-state index contributed by atoms with van der Waals surface area (Å²) < 4.78 is 0. The molecule has 2 aromatic rings. The summed E-state index contributed by atoms with van der Waals surface area (Å²) in [6.45, 7) is 20.3. The number of anilines is 3. The van der Waals surface area contributed by atoms with E-state index in [1.807, 2.05) is 60.7 Å². The van der Waals surface area contributed by atoms with Crippen molar-refractivity contribution in [3.8, 4) is 0 Å². The highest BCUT2D eigenvalue weighted by Crippen LogP contribution is 2.31. The van der Waals surface area contributed by atoms with Crippen LogP contribution in [0.1, 0.15) is 61.3 Å². The Bertz CT molecular complexity index is 998. The first-order chi connectivity index (χ1) is 17.9. The quantitative estimate of drug-likeness (QED) is 0.271. The number of benzene rings is 1. The van der Waals surface area contributed by atoms with Gasteiger partial charge in [0.1, 0.15) is 11.6 Å². The summed E-state index contributed by atoms with van der Waals surface area (Å²) in [5.41, 5.74) is 8.22. The number of nitrogens with two attached hydrogens (primary N) is 1. The van der Waals surface area contributed by atoms with Crippen molar-refractivity contribution >= 4 is 29.1 Å². The van der Waals surface area contributed by atoms with E-state index in [-0.39, 0.29) is 6.04 Å². The Hall–Kier alpha value is -2.97. The van der Waals surface area contributed by atoms with Gasteiger partial charge < -0.3 is 26.2 Å². The van der Waals surface area contributed by atoms with Crippen LogP contribution in [0.4, 0.5) is 17.3 Å². The van der Waals surface area contributed by atoms with Gasteiger partial charge in [-0.15, -0.1) is 0 Å². The molecular weight excluding hydrogens is 478 g/mol. The van der Waals surface area contributed by atoms with Crippen LogP contribution in [0.5, 0.6) is 0 Å². The van der Waals surface area contributed by atoms with E-state index < -0.39 is 0 Å². The number of likely N-dealkylation sites (N-methyl/N-ethyl adjacent to an activating group) is 1. The van der Waals surface area contributed by atoms with E-state index in [1.165, 1.54) is 18.2 Å². The molecule has 1 fully saturated rings. The van der Waals surface area contributed by atoms with E-state index in [1.54, 1.807) is 0 Å². The van der Waals surface area contributed by atoms with Gasteiger partial charge in [-0.1, -0.05) is 47.3 Å². The average Bonchev–Trinajstić information content (AvgIpc) is 2.86. The molecule has 2 heterocycles. The summed E-state index contributed by atoms with van der Waals surface area (Å²) in [7, 11) is 1.90. The van der Waals surface area contributed by atoms with Gasteiger partial charge in [0, 0.05) is 47.7 Å². The van der Waals surface area contributed by atoms with E-state index in [0.29, 0.717) is 16.8 Å². The van der Waals surface area contributed by atoms with Gasteiger partial charge in [-0.2, -0.15) is 0 Å². The molecule has 0 radical (unpaired) electrons. The lowest BCUT2D eigenvalue weighted by molar-refractivity contribution is 0.605. The molecule has 0 bridgehead atoms. The smallest absolute Gasteiger partial charge is 0.196 e. The van der Waals surface area contributed by atoms with Crippen LogP contribution in [-0.2, 0) is 0 Å². The summed E-state index contributed by atoms with van der Waals surface area (Å²) in [5.74, 6) is 2.18. The van der Waals surface area contributed by atoms with Gasteiger partial charge in [-0.05, 0) is 75.8 Å². The number of hydrogen-bond donors (Lipinski definition) is 3. The predicted molar refractivity (Wildman–Crippen MR) is 163 cm³/mol. The Morgan fingerprint density at radius 2 is 1.84 bits per heavy atom. The van der Waals surface area contributed by atoms with Gasteiger partial charge in [0.25, 0.3) is 0 Å². The zero-order chi connectivity index (χ0) is 27.8. The van der Waals surface area contributed by atoms with Crippen LogP contribution in [0, 0.1) is 0 Å². The topological polar surface area (TPSA) is 82.3 Å². The minimum atomic E-state index is 0.160. The molecule has 7 nitrogen and oxygen atoms in total. The SMILES string of the molecule is C=C(C)N(/C=C\CC)c1ccc(Sc2nc(N/C(N)=C/C(C)NC)cc(N3CCC3)n2)cc1.CC.CC. The molecule has 1 atom stereocenters. The van der Waals surface area contributed by atoms with Gasteiger partial charge in [0.15, 0.2) is 5.16 Å². The monoisotopic (exact) mass is 525 g/mol. The molecule has 1 aromatic carbocycles. The molecule has 1 aromatic heterocycles. The lowest BCUT2D eigenvalue weighted by Crippen LogP contribution is -2.37. The number of allylic oxidation sites excluding steroid dienone is 2. The van der Waals surface area contributed by atoms with Crippen molar-refractivity contribution in [2.45, 2.75) is 77.4 Å². The molecule has 0 spiro atoms. The summed E-state index contributed by atoms with van der Waals surface area (Å²) >= 11 is 1.54. The summed E-state index contributed by atoms with van der Waals surface area (Å²) in [6, 6.07) is 10.5. The molecule has 0 aliphatic carbocycles. The second kappa shape index (κ2) is 17.5. The highest BCUT2D eigenvalue weighted by molar-refractivity contribution is 7.99. The van der Waals surface area contributed by atoms with Gasteiger partial charge in [-0.3, -0.25) is 0 Å². The van der Waals surface area contributed by atoms with E-state index in [0.717, 1.165) is 41.6 Å². The fraction of sp³-hybridized carbons (Fsp3) is 0.448. The molecule has 0 amide bonds. The molecule has 37 heavy (non-hydrogen) atoms. The minimum Gasteiger partial charge on any atom is -0.385 e. The number of hydrogen-bond acceptors (Lipinski definition) is 8. The van der Waals surface area contributed by atoms with E-state index in [4.69, 9.17) is 15.7 Å². The first kappa shape index (κ1) is 32.1. The van der Waals surface area contributed by atoms with Crippen molar-refractivity contribution in [3.05, 3.63) is 66.8 Å². The fourth-order valence-corrected chi connectivity index (χ4v) is 3.96. The number of rotatable bonds is 11. The normalized spacial score (nSPS) is 13.5. The van der Waals surface area contributed by atoms with Crippen LogP contribution in [0.15, 0.2) is 76.8 Å². The Morgan fingerprint density at radius 1 is 1.19 bits per heavy atom. The third kappa shape index (κ3) is 10.5. The minimum absolute atomic E-state index is 0.160. The van der Waals surface area contributed by atoms with Gasteiger partial charge in [0.05, 0.1) is 5.82 Å². The summed E-state index contributed by atoms with van der Waals surface area (Å²) in [4.78, 5) is 14.9. The number of nitrogens with zero attached hydrogens (tertiary/aromatic N) is 4. The average molecular weight is 526 g/mol. The van der Waals surface area contributed by atoms with Crippen LogP contribution >= 0.6 is 11.8 Å². The standard InChI is InChI=1S/C25H35N7S.2C2H6/c1-6-7-15-32(18(2)3)20-9-11-21(12-10-20)33-25-29-23(28-22(26)16-19(4)27-5)17-24(30-25)31-13-8-14-31;2*1-2/h7,9-12,15-17,19,27H,2,6,8,13-14,26H2,1,3-5H3,(H,28,29,30);2*1-2H3/b15-7-,22-16+;;. The Labute approximate surface area is 229 Å². The first-order valence-electron chi connectivity index (χ1n) is 13.3. The van der Waals surface area contributed by atoms with E-state index in [2.05, 4.69) is 70.5 Å². The Balaban J connectivity index is 0.00000163. The maximum Gasteiger partial charge on any atom is 0.196 e. The lowest BCUT2D eigenvalue weighted by atomic mass is 10.2. The van der Waals surface area contributed by atoms with Crippen LogP contribution in [0.2, 0.25) is 0 Å². The molecule has 3 rings (SSSR count). The summed E-state index contributed by atoms with van der Waals surface area (Å²) in [6.07, 6.45) is 8.28. The highest BCUT2D eigenvalue weighted by Gasteiger charge is 2.18. The van der Waals surface area contributed by atoms with Crippen molar-refractivity contribution in [1.82, 2.24) is 15.3 Å². The second-order valence-electron chi connectivity index (χ2n) is 8.05. The molecule has 0 saturated carbocycles. The molecule has 204 valence electrons. The van der Waals surface area contributed by atoms with Crippen LogP contribution in [0.3, 0.4) is 0 Å². The fourth-order valence-electron chi connectivity index (χ4n) is 3.20. The van der Waals surface area contributed by atoms with Gasteiger partial charge in [-0.25, -0.2) is 9.97 Å². The van der Waals surface area contributed by atoms with E-state index in [9.17, 15) is 0 Å². The third-order valence-corrected chi connectivity index (χ3v) is 6.13. The number of aromatic nitrogens is 2. The molecule has 8 heteroatoms. The first-order valence-corrected chi connectivity index (χ1v) is 14.2. The largest absolute Gasteiger partial charge is 0.385 e. The van der Waals surface area contributed by atoms with Crippen molar-refractivity contribution in [2.75, 3.05) is 35.3 Å². The van der Waals surface area contributed by atoms with E-state index >= 15 is 0 Å². The van der Waals surface area contributed by atoms with Crippen LogP contribution < -0.4 is 26.2 Å². The van der Waals surface area contributed by atoms with Gasteiger partial charge in [0.2, 0.25) is 0 Å². The van der Waals surface area contributed by atoms with Crippen molar-refractivity contribution in [3.63, 3.8) is 0 Å². The molecule has 4 N–H and O–H groups in total. The summed E-state index contributed by atoms with van der Waals surface area (Å²) in [5, 5.41) is 7.05. The molecule has 1 unspecified atom stereocenters. The number of nitrogens with one attached hydrogen (secondary N) is 2. The second-order valence-corrected chi connectivity index (χ2v) is 9.09.